The molecule has 3 nitrogen and oxygen atoms in total. The number of aldehydes is 1. The van der Waals surface area contributed by atoms with Crippen molar-refractivity contribution in [3.8, 4) is 0 Å². The third-order valence-corrected chi connectivity index (χ3v) is 2.58. The van der Waals surface area contributed by atoms with Gasteiger partial charge in [-0.2, -0.15) is 0 Å². The van der Waals surface area contributed by atoms with Crippen LogP contribution >= 0.6 is 0 Å². The van der Waals surface area contributed by atoms with E-state index in [1.54, 1.807) is 6.92 Å². The molecule has 3 heteroatoms. The molecule has 0 aromatic carbocycles. The Hall–Kier alpha value is -1.12. The van der Waals surface area contributed by atoms with Crippen LogP contribution in [0.2, 0.25) is 0 Å². The molecule has 0 aliphatic heterocycles. The molecule has 0 rings (SSSR count). The predicted molar refractivity (Wildman–Crippen MR) is 64.1 cm³/mol. The van der Waals surface area contributed by atoms with Gasteiger partial charge in [0.05, 0.1) is 5.41 Å². The van der Waals surface area contributed by atoms with Gasteiger partial charge in [0, 0.05) is 5.57 Å². The zero-order chi connectivity index (χ0) is 12.6. The van der Waals surface area contributed by atoms with Gasteiger partial charge in [-0.15, -0.1) is 0 Å². The maximum atomic E-state index is 11.3. The van der Waals surface area contributed by atoms with Crippen molar-refractivity contribution < 1.29 is 14.3 Å². The number of ether oxygens (including phenoxy) is 1. The maximum Gasteiger partial charge on any atom is 0.333 e. The third-order valence-electron chi connectivity index (χ3n) is 2.58. The molecule has 0 aromatic heterocycles. The molecule has 0 unspecified atom stereocenters. The summed E-state index contributed by atoms with van der Waals surface area (Å²) in [5.41, 5.74) is -0.137. The Morgan fingerprint density at radius 1 is 1.31 bits per heavy atom. The normalized spacial score (nSPS) is 10.9. The quantitative estimate of drug-likeness (QED) is 0.363. The first-order valence-corrected chi connectivity index (χ1v) is 5.80. The van der Waals surface area contributed by atoms with E-state index in [4.69, 9.17) is 4.74 Å². The van der Waals surface area contributed by atoms with Crippen LogP contribution in [0.25, 0.3) is 0 Å². The van der Waals surface area contributed by atoms with E-state index in [1.807, 2.05) is 13.8 Å². The SMILES string of the molecule is C=C(C)C(=O)OCC(C=O)(CCC)CCC. The Balaban J connectivity index is 4.46. The molecular formula is C13H22O3. The molecule has 0 atom stereocenters. The molecule has 0 fully saturated rings. The summed E-state index contributed by atoms with van der Waals surface area (Å²) in [5.74, 6) is -0.418. The van der Waals surface area contributed by atoms with E-state index < -0.39 is 11.4 Å². The highest BCUT2D eigenvalue weighted by Crippen LogP contribution is 2.28. The Morgan fingerprint density at radius 3 is 2.12 bits per heavy atom. The van der Waals surface area contributed by atoms with Gasteiger partial charge in [0.2, 0.25) is 0 Å². The van der Waals surface area contributed by atoms with E-state index in [0.717, 1.165) is 32.0 Å². The Bertz CT molecular complexity index is 250. The molecule has 92 valence electrons. The van der Waals surface area contributed by atoms with Crippen molar-refractivity contribution in [2.45, 2.75) is 46.5 Å². The van der Waals surface area contributed by atoms with E-state index in [-0.39, 0.29) is 6.61 Å². The average molecular weight is 226 g/mol. The van der Waals surface area contributed by atoms with E-state index in [2.05, 4.69) is 6.58 Å². The molecular weight excluding hydrogens is 204 g/mol. The summed E-state index contributed by atoms with van der Waals surface area (Å²) in [6.07, 6.45) is 4.26. The highest BCUT2D eigenvalue weighted by Gasteiger charge is 2.29. The predicted octanol–water partition coefficient (Wildman–Crippen LogP) is 2.89. The van der Waals surface area contributed by atoms with E-state index in [0.29, 0.717) is 5.57 Å². The monoisotopic (exact) mass is 226 g/mol. The van der Waals surface area contributed by atoms with Crippen LogP contribution in [-0.4, -0.2) is 18.9 Å². The van der Waals surface area contributed by atoms with Gasteiger partial charge in [0.25, 0.3) is 0 Å². The van der Waals surface area contributed by atoms with Crippen molar-refractivity contribution in [1.29, 1.82) is 0 Å². The highest BCUT2D eigenvalue weighted by molar-refractivity contribution is 5.87. The fourth-order valence-corrected chi connectivity index (χ4v) is 1.75. The molecule has 0 spiro atoms. The Kier molecular flexibility index (Phi) is 6.70. The first-order chi connectivity index (χ1) is 7.51. The summed E-state index contributed by atoms with van der Waals surface area (Å²) in [4.78, 5) is 22.5. The largest absolute Gasteiger partial charge is 0.461 e. The Morgan fingerprint density at radius 2 is 1.81 bits per heavy atom. The van der Waals surface area contributed by atoms with Gasteiger partial charge < -0.3 is 9.53 Å². The van der Waals surface area contributed by atoms with Crippen molar-refractivity contribution in [3.05, 3.63) is 12.2 Å². The van der Waals surface area contributed by atoms with Crippen molar-refractivity contribution in [3.63, 3.8) is 0 Å². The first kappa shape index (κ1) is 14.9. The molecule has 16 heavy (non-hydrogen) atoms. The summed E-state index contributed by atoms with van der Waals surface area (Å²) in [6, 6.07) is 0. The topological polar surface area (TPSA) is 43.4 Å². The molecule has 0 radical (unpaired) electrons. The summed E-state index contributed by atoms with van der Waals surface area (Å²) in [5, 5.41) is 0. The standard InChI is InChI=1S/C13H22O3/c1-5-7-13(9-14,8-6-2)10-16-12(15)11(3)4/h9H,3,5-8,10H2,1-2,4H3. The van der Waals surface area contributed by atoms with Crippen LogP contribution in [0.4, 0.5) is 0 Å². The van der Waals surface area contributed by atoms with Crippen molar-refractivity contribution in [2.24, 2.45) is 5.41 Å². The lowest BCUT2D eigenvalue weighted by atomic mass is 9.81. The van der Waals surface area contributed by atoms with E-state index in [1.165, 1.54) is 0 Å². The Labute approximate surface area is 97.9 Å². The molecule has 0 heterocycles. The number of hydrogen-bond donors (Lipinski definition) is 0. The van der Waals surface area contributed by atoms with Crippen LogP contribution in [0.1, 0.15) is 46.5 Å². The van der Waals surface area contributed by atoms with Gasteiger partial charge in [0.15, 0.2) is 0 Å². The smallest absolute Gasteiger partial charge is 0.333 e. The first-order valence-electron chi connectivity index (χ1n) is 5.80. The summed E-state index contributed by atoms with van der Waals surface area (Å²) in [7, 11) is 0. The van der Waals surface area contributed by atoms with Gasteiger partial charge >= 0.3 is 5.97 Å². The molecule has 0 bridgehead atoms. The number of hydrogen-bond acceptors (Lipinski definition) is 3. The molecule has 0 amide bonds. The summed E-state index contributed by atoms with van der Waals surface area (Å²) in [6.45, 7) is 9.33. The van der Waals surface area contributed by atoms with E-state index in [9.17, 15) is 9.59 Å². The van der Waals surface area contributed by atoms with Gasteiger partial charge in [-0.05, 0) is 19.8 Å². The second kappa shape index (κ2) is 7.20. The summed E-state index contributed by atoms with van der Waals surface area (Å²) >= 11 is 0. The second-order valence-electron chi connectivity index (χ2n) is 4.34. The summed E-state index contributed by atoms with van der Waals surface area (Å²) < 4.78 is 5.10. The zero-order valence-electron chi connectivity index (χ0n) is 10.5. The van der Waals surface area contributed by atoms with Gasteiger partial charge in [-0.25, -0.2) is 4.79 Å². The van der Waals surface area contributed by atoms with Crippen LogP contribution in [-0.2, 0) is 14.3 Å². The van der Waals surface area contributed by atoms with Gasteiger partial charge in [-0.1, -0.05) is 33.3 Å². The average Bonchev–Trinajstić information content (AvgIpc) is 2.25. The minimum absolute atomic E-state index is 0.171. The lowest BCUT2D eigenvalue weighted by molar-refractivity contribution is -0.144. The lowest BCUT2D eigenvalue weighted by Gasteiger charge is -2.26. The molecule has 0 N–H and O–H groups in total. The maximum absolute atomic E-state index is 11.3. The highest BCUT2D eigenvalue weighted by atomic mass is 16.5. The fourth-order valence-electron chi connectivity index (χ4n) is 1.75. The number of carbonyl (C=O) groups is 2. The molecule has 0 aliphatic rings. The van der Waals surface area contributed by atoms with Gasteiger partial charge in [-0.3, -0.25) is 0 Å². The minimum Gasteiger partial charge on any atom is -0.461 e. The molecule has 0 saturated heterocycles. The number of esters is 1. The van der Waals surface area contributed by atoms with Crippen LogP contribution in [0, 0.1) is 5.41 Å². The van der Waals surface area contributed by atoms with Crippen molar-refractivity contribution >= 4 is 12.3 Å². The molecule has 0 saturated carbocycles. The van der Waals surface area contributed by atoms with Crippen LogP contribution < -0.4 is 0 Å². The van der Waals surface area contributed by atoms with E-state index >= 15 is 0 Å². The number of rotatable bonds is 8. The lowest BCUT2D eigenvalue weighted by Crippen LogP contribution is -2.30. The van der Waals surface area contributed by atoms with Gasteiger partial charge in [0.1, 0.15) is 12.9 Å². The minimum atomic E-state index is -0.505. The van der Waals surface area contributed by atoms with Crippen LogP contribution in [0.3, 0.4) is 0 Å². The van der Waals surface area contributed by atoms with Crippen molar-refractivity contribution in [2.75, 3.05) is 6.61 Å². The number of carbonyl (C=O) groups excluding carboxylic acids is 2. The zero-order valence-corrected chi connectivity index (χ0v) is 10.5. The third kappa shape index (κ3) is 4.60. The van der Waals surface area contributed by atoms with Crippen LogP contribution in [0.5, 0.6) is 0 Å². The molecule has 0 aromatic rings. The fraction of sp³-hybridized carbons (Fsp3) is 0.692. The van der Waals surface area contributed by atoms with Crippen molar-refractivity contribution in [1.82, 2.24) is 0 Å². The van der Waals surface area contributed by atoms with Crippen LogP contribution in [0.15, 0.2) is 12.2 Å². The molecule has 0 aliphatic carbocycles. The second-order valence-corrected chi connectivity index (χ2v) is 4.34.